The van der Waals surface area contributed by atoms with Gasteiger partial charge in [-0.1, -0.05) is 31.2 Å². The van der Waals surface area contributed by atoms with Gasteiger partial charge >= 0.3 is 5.97 Å². The highest BCUT2D eigenvalue weighted by molar-refractivity contribution is 5.86. The van der Waals surface area contributed by atoms with E-state index in [2.05, 4.69) is 19.1 Å². The van der Waals surface area contributed by atoms with Crippen molar-refractivity contribution < 1.29 is 24.2 Å². The maximum absolute atomic E-state index is 11.9. The van der Waals surface area contributed by atoms with Gasteiger partial charge in [-0.25, -0.2) is 0 Å². The lowest BCUT2D eigenvalue weighted by Crippen LogP contribution is -2.28. The molecule has 3 rings (SSSR count). The van der Waals surface area contributed by atoms with Crippen molar-refractivity contribution in [3.8, 4) is 11.5 Å². The smallest absolute Gasteiger partial charge is 0.308 e. The van der Waals surface area contributed by atoms with Crippen molar-refractivity contribution in [3.05, 3.63) is 59.7 Å². The summed E-state index contributed by atoms with van der Waals surface area (Å²) in [5, 5.41) is 9.04. The molecule has 1 N–H and O–H groups in total. The molecule has 1 atom stereocenters. The van der Waals surface area contributed by atoms with Crippen LogP contribution in [0.25, 0.3) is 0 Å². The third-order valence-electron chi connectivity index (χ3n) is 5.11. The van der Waals surface area contributed by atoms with Crippen LogP contribution in [0.4, 0.5) is 0 Å². The number of benzene rings is 2. The van der Waals surface area contributed by atoms with Crippen molar-refractivity contribution in [3.63, 3.8) is 0 Å². The van der Waals surface area contributed by atoms with Crippen molar-refractivity contribution in [2.75, 3.05) is 26.3 Å². The minimum atomic E-state index is -0.899. The van der Waals surface area contributed by atoms with Crippen LogP contribution in [-0.4, -0.2) is 48.2 Å². The summed E-state index contributed by atoms with van der Waals surface area (Å²) >= 11 is 0. The molecule has 0 aromatic heterocycles. The van der Waals surface area contributed by atoms with Crippen LogP contribution in [0.2, 0.25) is 0 Å². The summed E-state index contributed by atoms with van der Waals surface area (Å²) in [7, 11) is 0. The third kappa shape index (κ3) is 5.98. The fourth-order valence-electron chi connectivity index (χ4n) is 3.31. The van der Waals surface area contributed by atoms with Crippen molar-refractivity contribution in [1.82, 2.24) is 4.90 Å². The lowest BCUT2D eigenvalue weighted by atomic mass is 10.1. The maximum Gasteiger partial charge on any atom is 0.308 e. The predicted octanol–water partition coefficient (Wildman–Crippen LogP) is 3.18. The number of amides is 1. The number of likely N-dealkylation sites (tertiary alicyclic amines) is 1. The van der Waals surface area contributed by atoms with Gasteiger partial charge < -0.3 is 19.5 Å². The number of carbonyl (C=O) groups excluding carboxylic acids is 1. The first kappa shape index (κ1) is 20.7. The molecule has 6 heteroatoms. The van der Waals surface area contributed by atoms with E-state index >= 15 is 0 Å². The van der Waals surface area contributed by atoms with Gasteiger partial charge in [0.05, 0.1) is 5.92 Å². The summed E-state index contributed by atoms with van der Waals surface area (Å²) in [6.07, 6.45) is 1.80. The van der Waals surface area contributed by atoms with Gasteiger partial charge in [0.15, 0.2) is 0 Å². The average Bonchev–Trinajstić information content (AvgIpc) is 3.12. The molecule has 2 aromatic rings. The zero-order chi connectivity index (χ0) is 20.6. The van der Waals surface area contributed by atoms with Gasteiger partial charge in [-0.3, -0.25) is 9.59 Å². The van der Waals surface area contributed by atoms with Crippen LogP contribution in [-0.2, 0) is 22.4 Å². The number of hydrogen-bond acceptors (Lipinski definition) is 4. The van der Waals surface area contributed by atoms with E-state index in [0.29, 0.717) is 32.7 Å². The Morgan fingerprint density at radius 1 is 1.00 bits per heavy atom. The zero-order valence-electron chi connectivity index (χ0n) is 16.7. The molecule has 0 radical (unpaired) electrons. The van der Waals surface area contributed by atoms with E-state index in [-0.39, 0.29) is 12.3 Å². The van der Waals surface area contributed by atoms with Crippen molar-refractivity contribution >= 4 is 11.9 Å². The lowest BCUT2D eigenvalue weighted by Gasteiger charge is -2.16. The van der Waals surface area contributed by atoms with Gasteiger partial charge in [0.25, 0.3) is 0 Å². The predicted molar refractivity (Wildman–Crippen MR) is 109 cm³/mol. The minimum absolute atomic E-state index is 0.0818. The van der Waals surface area contributed by atoms with E-state index in [1.54, 1.807) is 4.90 Å². The van der Waals surface area contributed by atoms with Crippen molar-refractivity contribution in [1.29, 1.82) is 0 Å². The highest BCUT2D eigenvalue weighted by Gasteiger charge is 2.33. The van der Waals surface area contributed by atoms with Crippen LogP contribution in [0.1, 0.15) is 24.5 Å². The Labute approximate surface area is 171 Å². The summed E-state index contributed by atoms with van der Waals surface area (Å²) in [6.45, 7) is 3.88. The monoisotopic (exact) mass is 397 g/mol. The number of carbonyl (C=O) groups is 2. The molecule has 1 aliphatic rings. The van der Waals surface area contributed by atoms with Crippen LogP contribution in [0.5, 0.6) is 11.5 Å². The summed E-state index contributed by atoms with van der Waals surface area (Å²) < 4.78 is 11.4. The van der Waals surface area contributed by atoms with E-state index in [4.69, 9.17) is 14.6 Å². The lowest BCUT2D eigenvalue weighted by molar-refractivity contribution is -0.141. The Bertz CT molecular complexity index is 816. The normalized spacial score (nSPS) is 16.1. The number of rotatable bonds is 10. The molecule has 0 spiro atoms. The van der Waals surface area contributed by atoms with E-state index in [0.717, 1.165) is 23.5 Å². The van der Waals surface area contributed by atoms with E-state index < -0.39 is 11.9 Å². The highest BCUT2D eigenvalue weighted by atomic mass is 16.5. The molecular formula is C23H27NO5. The second-order valence-electron chi connectivity index (χ2n) is 7.17. The Balaban J connectivity index is 1.37. The number of nitrogens with zero attached hydrogens (tertiary/aromatic N) is 1. The Morgan fingerprint density at radius 3 is 2.03 bits per heavy atom. The summed E-state index contributed by atoms with van der Waals surface area (Å²) in [6, 6.07) is 15.8. The molecule has 1 amide bonds. The van der Waals surface area contributed by atoms with Crippen molar-refractivity contribution in [2.45, 2.75) is 26.2 Å². The highest BCUT2D eigenvalue weighted by Crippen LogP contribution is 2.19. The molecule has 29 heavy (non-hydrogen) atoms. The molecule has 0 bridgehead atoms. The molecule has 1 aliphatic heterocycles. The van der Waals surface area contributed by atoms with Crippen LogP contribution in [0.15, 0.2) is 48.5 Å². The van der Waals surface area contributed by atoms with Crippen LogP contribution in [0.3, 0.4) is 0 Å². The number of ether oxygens (including phenoxy) is 2. The molecule has 1 saturated heterocycles. The molecule has 2 aromatic carbocycles. The summed E-state index contributed by atoms with van der Waals surface area (Å²) in [5.41, 5.74) is 2.36. The first-order valence-corrected chi connectivity index (χ1v) is 9.99. The number of aliphatic carboxylic acids is 1. The second kappa shape index (κ2) is 9.96. The fraction of sp³-hybridized carbons (Fsp3) is 0.391. The zero-order valence-corrected chi connectivity index (χ0v) is 16.7. The fourth-order valence-corrected chi connectivity index (χ4v) is 3.31. The number of hydrogen-bond donors (Lipinski definition) is 1. The number of aryl methyl sites for hydroxylation is 1. The van der Waals surface area contributed by atoms with Gasteiger partial charge in [-0.2, -0.15) is 0 Å². The van der Waals surface area contributed by atoms with Crippen molar-refractivity contribution in [2.24, 2.45) is 5.92 Å². The molecule has 0 aliphatic carbocycles. The Kier molecular flexibility index (Phi) is 7.11. The number of carboxylic acid groups (broad SMARTS) is 1. The molecule has 1 unspecified atom stereocenters. The first-order valence-electron chi connectivity index (χ1n) is 9.99. The van der Waals surface area contributed by atoms with Gasteiger partial charge in [0, 0.05) is 19.5 Å². The average molecular weight is 397 g/mol. The molecular weight excluding hydrogens is 370 g/mol. The first-order chi connectivity index (χ1) is 14.0. The van der Waals surface area contributed by atoms with Gasteiger partial charge in [0.2, 0.25) is 5.91 Å². The van der Waals surface area contributed by atoms with Crippen LogP contribution >= 0.6 is 0 Å². The molecule has 0 saturated carbocycles. The van der Waals surface area contributed by atoms with E-state index in [9.17, 15) is 9.59 Å². The molecule has 6 nitrogen and oxygen atoms in total. The standard InChI is InChI=1S/C23H27NO5/c1-2-17-3-7-20(8-4-17)28-13-14-29-21-9-5-18(6-10-21)11-12-24-16-19(23(26)27)15-22(24)25/h3-10,19H,2,11-16H2,1H3,(H,26,27). The molecule has 1 fully saturated rings. The minimum Gasteiger partial charge on any atom is -0.490 e. The third-order valence-corrected chi connectivity index (χ3v) is 5.11. The van der Waals surface area contributed by atoms with Gasteiger partial charge in [-0.05, 0) is 48.2 Å². The molecule has 1 heterocycles. The quantitative estimate of drug-likeness (QED) is 0.623. The second-order valence-corrected chi connectivity index (χ2v) is 7.17. The van der Waals surface area contributed by atoms with E-state index in [1.807, 2.05) is 36.4 Å². The van der Waals surface area contributed by atoms with Crippen LogP contribution in [0, 0.1) is 5.92 Å². The Morgan fingerprint density at radius 2 is 1.55 bits per heavy atom. The van der Waals surface area contributed by atoms with Gasteiger partial charge in [0.1, 0.15) is 24.7 Å². The van der Waals surface area contributed by atoms with Crippen LogP contribution < -0.4 is 9.47 Å². The summed E-state index contributed by atoms with van der Waals surface area (Å²) in [5.74, 6) is 0.0423. The Hall–Kier alpha value is -3.02. The van der Waals surface area contributed by atoms with E-state index in [1.165, 1.54) is 5.56 Å². The van der Waals surface area contributed by atoms with Gasteiger partial charge in [-0.15, -0.1) is 0 Å². The SMILES string of the molecule is CCc1ccc(OCCOc2ccc(CCN3CC(C(=O)O)CC3=O)cc2)cc1. The largest absolute Gasteiger partial charge is 0.490 e. The molecule has 154 valence electrons. The maximum atomic E-state index is 11.9. The number of carboxylic acids is 1. The summed E-state index contributed by atoms with van der Waals surface area (Å²) in [4.78, 5) is 24.5. The topological polar surface area (TPSA) is 76.1 Å².